The minimum Gasteiger partial charge on any atom is -0.423 e. The standard InChI is InChI=1S/C17H12ClN3O3S/c18-13-6-2-3-7-14(13)24-17-19-10-9-16(20-17)21-11-12-5-1-4-8-15(12)25(21,22)23/h1-10H,11H2. The van der Waals surface area contributed by atoms with Gasteiger partial charge in [-0.15, -0.1) is 0 Å². The first kappa shape index (κ1) is 15.9. The van der Waals surface area contributed by atoms with Crippen LogP contribution in [0.2, 0.25) is 5.02 Å². The van der Waals surface area contributed by atoms with Crippen LogP contribution < -0.4 is 9.04 Å². The summed E-state index contributed by atoms with van der Waals surface area (Å²) in [5, 5.41) is 0.415. The lowest BCUT2D eigenvalue weighted by Crippen LogP contribution is -2.24. The van der Waals surface area contributed by atoms with Crippen molar-refractivity contribution in [3.8, 4) is 11.8 Å². The molecule has 0 bridgehead atoms. The van der Waals surface area contributed by atoms with Gasteiger partial charge in [0, 0.05) is 12.3 Å². The Morgan fingerprint density at radius 2 is 1.80 bits per heavy atom. The summed E-state index contributed by atoms with van der Waals surface area (Å²) in [5.74, 6) is 0.641. The Hall–Kier alpha value is -2.64. The van der Waals surface area contributed by atoms with Crippen molar-refractivity contribution in [3.05, 3.63) is 71.4 Å². The van der Waals surface area contributed by atoms with Crippen molar-refractivity contribution in [1.29, 1.82) is 0 Å². The highest BCUT2D eigenvalue weighted by Gasteiger charge is 2.35. The van der Waals surface area contributed by atoms with E-state index in [1.165, 1.54) is 16.6 Å². The molecular formula is C17H12ClN3O3S. The second-order valence-electron chi connectivity index (χ2n) is 5.35. The highest BCUT2D eigenvalue weighted by atomic mass is 35.5. The van der Waals surface area contributed by atoms with Crippen molar-refractivity contribution in [2.24, 2.45) is 0 Å². The van der Waals surface area contributed by atoms with Crippen LogP contribution in [0.1, 0.15) is 5.56 Å². The number of benzene rings is 2. The van der Waals surface area contributed by atoms with Crippen molar-refractivity contribution in [2.75, 3.05) is 4.31 Å². The van der Waals surface area contributed by atoms with Crippen LogP contribution in [0.5, 0.6) is 11.8 Å². The summed E-state index contributed by atoms with van der Waals surface area (Å²) in [4.78, 5) is 8.55. The quantitative estimate of drug-likeness (QED) is 0.701. The number of rotatable bonds is 3. The summed E-state index contributed by atoms with van der Waals surface area (Å²) in [6.07, 6.45) is 1.45. The molecule has 1 aromatic heterocycles. The maximum Gasteiger partial charge on any atom is 0.323 e. The Labute approximate surface area is 149 Å². The maximum atomic E-state index is 12.7. The second kappa shape index (κ2) is 6.02. The number of sulfonamides is 1. The lowest BCUT2D eigenvalue weighted by Gasteiger charge is -2.16. The molecule has 0 saturated heterocycles. The van der Waals surface area contributed by atoms with E-state index in [0.29, 0.717) is 15.7 Å². The fourth-order valence-corrected chi connectivity index (χ4v) is 4.38. The summed E-state index contributed by atoms with van der Waals surface area (Å²) < 4.78 is 32.2. The maximum absolute atomic E-state index is 12.7. The normalized spacial score (nSPS) is 15.0. The van der Waals surface area contributed by atoms with Gasteiger partial charge >= 0.3 is 6.01 Å². The van der Waals surface area contributed by atoms with Gasteiger partial charge in [-0.3, -0.25) is 0 Å². The summed E-state index contributed by atoms with van der Waals surface area (Å²) in [5.41, 5.74) is 0.731. The summed E-state index contributed by atoms with van der Waals surface area (Å²) in [6, 6.07) is 15.4. The van der Waals surface area contributed by atoms with Gasteiger partial charge in [0.2, 0.25) is 0 Å². The van der Waals surface area contributed by atoms with Gasteiger partial charge in [-0.05, 0) is 23.8 Å². The zero-order chi connectivity index (χ0) is 17.4. The molecule has 126 valence electrons. The largest absolute Gasteiger partial charge is 0.423 e. The SMILES string of the molecule is O=S1(=O)c2ccccc2CN1c1ccnc(Oc2ccccc2Cl)n1. The smallest absolute Gasteiger partial charge is 0.323 e. The van der Waals surface area contributed by atoms with E-state index in [0.717, 1.165) is 5.56 Å². The summed E-state index contributed by atoms with van der Waals surface area (Å²) in [7, 11) is -3.64. The number of nitrogens with zero attached hydrogens (tertiary/aromatic N) is 3. The van der Waals surface area contributed by atoms with Crippen molar-refractivity contribution in [3.63, 3.8) is 0 Å². The molecule has 0 unspecified atom stereocenters. The van der Waals surface area contributed by atoms with Gasteiger partial charge in [0.15, 0.2) is 0 Å². The van der Waals surface area contributed by atoms with Crippen LogP contribution in [0.3, 0.4) is 0 Å². The Kier molecular flexibility index (Phi) is 3.82. The number of anilines is 1. The predicted octanol–water partition coefficient (Wildman–Crippen LogP) is 3.63. The van der Waals surface area contributed by atoms with Gasteiger partial charge in [-0.2, -0.15) is 4.98 Å². The molecule has 0 spiro atoms. The van der Waals surface area contributed by atoms with E-state index in [2.05, 4.69) is 9.97 Å². The molecule has 0 atom stereocenters. The molecule has 0 N–H and O–H groups in total. The number of halogens is 1. The molecule has 2 aromatic carbocycles. The molecule has 1 aliphatic heterocycles. The molecule has 0 saturated carbocycles. The zero-order valence-electron chi connectivity index (χ0n) is 12.8. The average molecular weight is 374 g/mol. The van der Waals surface area contributed by atoms with Crippen molar-refractivity contribution in [2.45, 2.75) is 11.4 Å². The van der Waals surface area contributed by atoms with E-state index in [4.69, 9.17) is 16.3 Å². The van der Waals surface area contributed by atoms with Crippen LogP contribution in [0.4, 0.5) is 5.82 Å². The van der Waals surface area contributed by atoms with Gasteiger partial charge in [0.05, 0.1) is 16.5 Å². The molecule has 1 aliphatic rings. The fraction of sp³-hybridized carbons (Fsp3) is 0.0588. The number of hydrogen-bond donors (Lipinski definition) is 0. The third kappa shape index (κ3) is 2.81. The first-order chi connectivity index (χ1) is 12.1. The van der Waals surface area contributed by atoms with E-state index >= 15 is 0 Å². The first-order valence-corrected chi connectivity index (χ1v) is 9.23. The van der Waals surface area contributed by atoms with Crippen LogP contribution in [-0.2, 0) is 16.6 Å². The van der Waals surface area contributed by atoms with E-state index in [-0.39, 0.29) is 18.4 Å². The van der Waals surface area contributed by atoms with E-state index in [9.17, 15) is 8.42 Å². The van der Waals surface area contributed by atoms with Crippen molar-refractivity contribution < 1.29 is 13.2 Å². The first-order valence-electron chi connectivity index (χ1n) is 7.42. The van der Waals surface area contributed by atoms with Crippen LogP contribution in [0.15, 0.2) is 65.7 Å². The number of hydrogen-bond acceptors (Lipinski definition) is 5. The van der Waals surface area contributed by atoms with Crippen molar-refractivity contribution >= 4 is 27.4 Å². The topological polar surface area (TPSA) is 72.4 Å². The van der Waals surface area contributed by atoms with Gasteiger partial charge in [0.25, 0.3) is 10.0 Å². The molecule has 0 amide bonds. The van der Waals surface area contributed by atoms with Crippen LogP contribution in [0.25, 0.3) is 0 Å². The molecule has 2 heterocycles. The Balaban J connectivity index is 1.68. The molecule has 0 fully saturated rings. The van der Waals surface area contributed by atoms with Crippen LogP contribution in [-0.4, -0.2) is 18.4 Å². The predicted molar refractivity (Wildman–Crippen MR) is 93.4 cm³/mol. The van der Waals surface area contributed by atoms with Crippen molar-refractivity contribution in [1.82, 2.24) is 9.97 Å². The molecule has 3 aromatic rings. The molecule has 0 aliphatic carbocycles. The Morgan fingerprint density at radius 1 is 1.04 bits per heavy atom. The molecular weight excluding hydrogens is 362 g/mol. The van der Waals surface area contributed by atoms with Crippen LogP contribution >= 0.6 is 11.6 Å². The Morgan fingerprint density at radius 3 is 2.60 bits per heavy atom. The van der Waals surface area contributed by atoms with Crippen LogP contribution in [0, 0.1) is 0 Å². The van der Waals surface area contributed by atoms with E-state index in [1.54, 1.807) is 42.5 Å². The number of fused-ring (bicyclic) bond motifs is 1. The second-order valence-corrected chi connectivity index (χ2v) is 7.59. The molecule has 25 heavy (non-hydrogen) atoms. The highest BCUT2D eigenvalue weighted by Crippen LogP contribution is 2.34. The lowest BCUT2D eigenvalue weighted by atomic mass is 10.2. The number of para-hydroxylation sites is 1. The van der Waals surface area contributed by atoms with Gasteiger partial charge in [-0.1, -0.05) is 41.9 Å². The number of aromatic nitrogens is 2. The fourth-order valence-electron chi connectivity index (χ4n) is 2.59. The number of ether oxygens (including phenoxy) is 1. The third-order valence-corrected chi connectivity index (χ3v) is 5.93. The molecule has 4 rings (SSSR count). The van der Waals surface area contributed by atoms with E-state index in [1.807, 2.05) is 6.07 Å². The lowest BCUT2D eigenvalue weighted by molar-refractivity contribution is 0.442. The van der Waals surface area contributed by atoms with Gasteiger partial charge < -0.3 is 4.74 Å². The third-order valence-electron chi connectivity index (χ3n) is 3.77. The molecule has 8 heteroatoms. The summed E-state index contributed by atoms with van der Waals surface area (Å²) in [6.45, 7) is 0.223. The molecule has 6 nitrogen and oxygen atoms in total. The Bertz CT molecular complexity index is 1060. The van der Waals surface area contributed by atoms with Gasteiger partial charge in [0.1, 0.15) is 11.6 Å². The van der Waals surface area contributed by atoms with Gasteiger partial charge in [-0.25, -0.2) is 17.7 Å². The van der Waals surface area contributed by atoms with E-state index < -0.39 is 10.0 Å². The monoisotopic (exact) mass is 373 g/mol. The zero-order valence-corrected chi connectivity index (χ0v) is 14.4. The highest BCUT2D eigenvalue weighted by molar-refractivity contribution is 7.93. The average Bonchev–Trinajstić information content (AvgIpc) is 2.89. The molecule has 0 radical (unpaired) electrons. The minimum atomic E-state index is -3.64. The minimum absolute atomic E-state index is 0.0248. The summed E-state index contributed by atoms with van der Waals surface area (Å²) >= 11 is 6.06.